The fourth-order valence-electron chi connectivity index (χ4n) is 2.09. The van der Waals surface area contributed by atoms with Crippen LogP contribution in [0.15, 0.2) is 53.9 Å². The highest BCUT2D eigenvalue weighted by Gasteiger charge is 2.08. The second kappa shape index (κ2) is 7.76. The standard InChI is InChI=1S/C18H15IN2O2S/c1-12-20-14(11-24-12)10-23-15-8-6-13(7-9-15)18(22)21-17-5-3-2-4-16(17)19/h2-9,11H,10H2,1H3,(H,21,22). The summed E-state index contributed by atoms with van der Waals surface area (Å²) in [5.74, 6) is 0.576. The zero-order valence-electron chi connectivity index (χ0n) is 13.0. The molecule has 0 aliphatic heterocycles. The number of benzene rings is 2. The summed E-state index contributed by atoms with van der Waals surface area (Å²) < 4.78 is 6.69. The summed E-state index contributed by atoms with van der Waals surface area (Å²) in [7, 11) is 0. The molecule has 0 aliphatic carbocycles. The summed E-state index contributed by atoms with van der Waals surface area (Å²) in [6, 6.07) is 14.8. The highest BCUT2D eigenvalue weighted by molar-refractivity contribution is 14.1. The number of carbonyl (C=O) groups is 1. The van der Waals surface area contributed by atoms with Crippen LogP contribution in [-0.4, -0.2) is 10.9 Å². The van der Waals surface area contributed by atoms with Crippen LogP contribution >= 0.6 is 33.9 Å². The summed E-state index contributed by atoms with van der Waals surface area (Å²) in [6.07, 6.45) is 0. The molecular formula is C18H15IN2O2S. The first-order valence-corrected chi connectivity index (χ1v) is 9.27. The van der Waals surface area contributed by atoms with Gasteiger partial charge in [-0.3, -0.25) is 4.79 Å². The van der Waals surface area contributed by atoms with Gasteiger partial charge in [-0.05, 0) is 65.9 Å². The van der Waals surface area contributed by atoms with E-state index in [2.05, 4.69) is 32.9 Å². The Morgan fingerprint density at radius 3 is 2.62 bits per heavy atom. The van der Waals surface area contributed by atoms with Crippen molar-refractivity contribution in [1.29, 1.82) is 0 Å². The third-order valence-corrected chi connectivity index (χ3v) is 5.05. The molecule has 0 saturated heterocycles. The molecule has 0 bridgehead atoms. The lowest BCUT2D eigenvalue weighted by Gasteiger charge is -2.08. The first-order valence-electron chi connectivity index (χ1n) is 7.31. The van der Waals surface area contributed by atoms with Crippen LogP contribution in [0.5, 0.6) is 5.75 Å². The average molecular weight is 450 g/mol. The van der Waals surface area contributed by atoms with Crippen molar-refractivity contribution in [2.24, 2.45) is 0 Å². The van der Waals surface area contributed by atoms with E-state index in [1.807, 2.05) is 36.6 Å². The highest BCUT2D eigenvalue weighted by Crippen LogP contribution is 2.19. The molecule has 1 N–H and O–H groups in total. The van der Waals surface area contributed by atoms with Gasteiger partial charge in [-0.2, -0.15) is 0 Å². The Balaban J connectivity index is 1.61. The molecule has 4 nitrogen and oxygen atoms in total. The molecule has 6 heteroatoms. The van der Waals surface area contributed by atoms with Gasteiger partial charge in [-0.25, -0.2) is 4.98 Å². The Hall–Kier alpha value is -1.93. The molecule has 3 rings (SSSR count). The van der Waals surface area contributed by atoms with Crippen molar-refractivity contribution in [3.05, 3.63) is 73.7 Å². The Morgan fingerprint density at radius 2 is 1.96 bits per heavy atom. The van der Waals surface area contributed by atoms with E-state index < -0.39 is 0 Å². The van der Waals surface area contributed by atoms with Crippen LogP contribution in [0.2, 0.25) is 0 Å². The van der Waals surface area contributed by atoms with E-state index in [1.165, 1.54) is 0 Å². The fourth-order valence-corrected chi connectivity index (χ4v) is 3.21. The molecule has 122 valence electrons. The van der Waals surface area contributed by atoms with E-state index in [1.54, 1.807) is 35.6 Å². The van der Waals surface area contributed by atoms with Gasteiger partial charge in [0.2, 0.25) is 0 Å². The molecule has 1 heterocycles. The maximum absolute atomic E-state index is 12.3. The quantitative estimate of drug-likeness (QED) is 0.564. The van der Waals surface area contributed by atoms with Gasteiger partial charge < -0.3 is 10.1 Å². The summed E-state index contributed by atoms with van der Waals surface area (Å²) in [5.41, 5.74) is 2.31. The molecule has 0 radical (unpaired) electrons. The maximum atomic E-state index is 12.3. The summed E-state index contributed by atoms with van der Waals surface area (Å²) in [6.45, 7) is 2.40. The number of anilines is 1. The van der Waals surface area contributed by atoms with E-state index in [4.69, 9.17) is 4.74 Å². The number of hydrogen-bond donors (Lipinski definition) is 1. The average Bonchev–Trinajstić information content (AvgIpc) is 3.01. The summed E-state index contributed by atoms with van der Waals surface area (Å²) in [4.78, 5) is 16.7. The minimum absolute atomic E-state index is 0.138. The molecule has 0 atom stereocenters. The van der Waals surface area contributed by atoms with Crippen LogP contribution in [0.4, 0.5) is 5.69 Å². The van der Waals surface area contributed by atoms with Crippen molar-refractivity contribution in [1.82, 2.24) is 4.98 Å². The van der Waals surface area contributed by atoms with Crippen molar-refractivity contribution in [3.63, 3.8) is 0 Å². The van der Waals surface area contributed by atoms with Crippen molar-refractivity contribution in [3.8, 4) is 5.75 Å². The Kier molecular flexibility index (Phi) is 5.47. The lowest BCUT2D eigenvalue weighted by atomic mass is 10.2. The van der Waals surface area contributed by atoms with Crippen LogP contribution < -0.4 is 10.1 Å². The number of rotatable bonds is 5. The molecule has 2 aromatic carbocycles. The fraction of sp³-hybridized carbons (Fsp3) is 0.111. The molecule has 0 spiro atoms. The third kappa shape index (κ3) is 4.33. The SMILES string of the molecule is Cc1nc(COc2ccc(C(=O)Nc3ccccc3I)cc2)cs1. The van der Waals surface area contributed by atoms with Crippen LogP contribution in [0, 0.1) is 10.5 Å². The van der Waals surface area contributed by atoms with Crippen LogP contribution in [-0.2, 0) is 6.61 Å². The summed E-state index contributed by atoms with van der Waals surface area (Å²) >= 11 is 3.80. The number of amides is 1. The number of para-hydroxylation sites is 1. The van der Waals surface area contributed by atoms with E-state index in [0.717, 1.165) is 20.0 Å². The van der Waals surface area contributed by atoms with Crippen LogP contribution in [0.3, 0.4) is 0 Å². The Bertz CT molecular complexity index is 846. The van der Waals surface area contributed by atoms with Gasteiger partial charge in [-0.15, -0.1) is 11.3 Å². The van der Waals surface area contributed by atoms with Crippen LogP contribution in [0.1, 0.15) is 21.1 Å². The van der Waals surface area contributed by atoms with Gasteiger partial charge in [0.05, 0.1) is 16.4 Å². The number of ether oxygens (including phenoxy) is 1. The monoisotopic (exact) mass is 450 g/mol. The number of thiazole rings is 1. The number of carbonyl (C=O) groups excluding carboxylic acids is 1. The largest absolute Gasteiger partial charge is 0.487 e. The zero-order chi connectivity index (χ0) is 16.9. The molecule has 0 fully saturated rings. The number of nitrogens with zero attached hydrogens (tertiary/aromatic N) is 1. The lowest BCUT2D eigenvalue weighted by Crippen LogP contribution is -2.12. The molecule has 0 saturated carbocycles. The molecular weight excluding hydrogens is 435 g/mol. The molecule has 3 aromatic rings. The van der Waals surface area contributed by atoms with Crippen molar-refractivity contribution in [2.45, 2.75) is 13.5 Å². The molecule has 0 unspecified atom stereocenters. The van der Waals surface area contributed by atoms with Gasteiger partial charge in [0.15, 0.2) is 0 Å². The Labute approximate surface area is 158 Å². The minimum atomic E-state index is -0.138. The van der Waals surface area contributed by atoms with Gasteiger partial charge >= 0.3 is 0 Å². The first-order chi connectivity index (χ1) is 11.6. The van der Waals surface area contributed by atoms with Crippen molar-refractivity contribution in [2.75, 3.05) is 5.32 Å². The van der Waals surface area contributed by atoms with Gasteiger partial charge in [0.1, 0.15) is 12.4 Å². The first kappa shape index (κ1) is 16.9. The van der Waals surface area contributed by atoms with Gasteiger partial charge in [0.25, 0.3) is 5.91 Å². The molecule has 0 aliphatic rings. The smallest absolute Gasteiger partial charge is 0.255 e. The molecule has 24 heavy (non-hydrogen) atoms. The highest BCUT2D eigenvalue weighted by atomic mass is 127. The number of hydrogen-bond acceptors (Lipinski definition) is 4. The predicted molar refractivity (Wildman–Crippen MR) is 105 cm³/mol. The third-order valence-electron chi connectivity index (χ3n) is 3.29. The normalized spacial score (nSPS) is 10.4. The molecule has 1 amide bonds. The number of aromatic nitrogens is 1. The van der Waals surface area contributed by atoms with E-state index in [-0.39, 0.29) is 5.91 Å². The van der Waals surface area contributed by atoms with E-state index in [9.17, 15) is 4.79 Å². The topological polar surface area (TPSA) is 51.2 Å². The van der Waals surface area contributed by atoms with E-state index in [0.29, 0.717) is 17.9 Å². The second-order valence-corrected chi connectivity index (χ2v) is 7.33. The van der Waals surface area contributed by atoms with Crippen molar-refractivity contribution < 1.29 is 9.53 Å². The number of aryl methyl sites for hydroxylation is 1. The van der Waals surface area contributed by atoms with Crippen molar-refractivity contribution >= 4 is 45.5 Å². The summed E-state index contributed by atoms with van der Waals surface area (Å²) in [5, 5.41) is 5.92. The van der Waals surface area contributed by atoms with Gasteiger partial charge in [-0.1, -0.05) is 12.1 Å². The minimum Gasteiger partial charge on any atom is -0.487 e. The lowest BCUT2D eigenvalue weighted by molar-refractivity contribution is 0.102. The zero-order valence-corrected chi connectivity index (χ0v) is 15.9. The van der Waals surface area contributed by atoms with Crippen LogP contribution in [0.25, 0.3) is 0 Å². The second-order valence-electron chi connectivity index (χ2n) is 5.10. The molecule has 1 aromatic heterocycles. The Morgan fingerprint density at radius 1 is 1.21 bits per heavy atom. The maximum Gasteiger partial charge on any atom is 0.255 e. The predicted octanol–water partition coefficient (Wildman–Crippen LogP) is 4.89. The van der Waals surface area contributed by atoms with E-state index >= 15 is 0 Å². The number of nitrogens with one attached hydrogen (secondary N) is 1. The number of halogens is 1. The van der Waals surface area contributed by atoms with Gasteiger partial charge in [0, 0.05) is 14.5 Å².